The highest BCUT2D eigenvalue weighted by Gasteiger charge is 2.35. The number of nitrogens with zero attached hydrogens (tertiary/aromatic N) is 4. The second-order valence-electron chi connectivity index (χ2n) is 5.08. The Kier molecular flexibility index (Phi) is 3.78. The Morgan fingerprint density at radius 1 is 1.33 bits per heavy atom. The van der Waals surface area contributed by atoms with Gasteiger partial charge in [0.25, 0.3) is 0 Å². The molecular weight excluding hydrogens is 226 g/mol. The van der Waals surface area contributed by atoms with Crippen molar-refractivity contribution in [3.8, 4) is 6.07 Å². The molecule has 0 aliphatic heterocycles. The van der Waals surface area contributed by atoms with Crippen LogP contribution in [0.3, 0.4) is 0 Å². The van der Waals surface area contributed by atoms with Crippen LogP contribution in [-0.2, 0) is 0 Å². The van der Waals surface area contributed by atoms with E-state index in [0.29, 0.717) is 5.69 Å². The van der Waals surface area contributed by atoms with E-state index in [1.165, 1.54) is 31.9 Å². The predicted molar refractivity (Wildman–Crippen MR) is 70.1 cm³/mol. The molecule has 0 unspecified atom stereocenters. The van der Waals surface area contributed by atoms with Gasteiger partial charge in [0.15, 0.2) is 5.69 Å². The van der Waals surface area contributed by atoms with Crippen LogP contribution in [0.25, 0.3) is 0 Å². The van der Waals surface area contributed by atoms with Crippen LogP contribution in [0.2, 0.25) is 0 Å². The van der Waals surface area contributed by atoms with Gasteiger partial charge in [-0.15, -0.1) is 0 Å². The highest BCUT2D eigenvalue weighted by atomic mass is 15.2. The smallest absolute Gasteiger partial charge is 0.158 e. The van der Waals surface area contributed by atoms with Crippen molar-refractivity contribution in [1.82, 2.24) is 14.9 Å². The Balaban J connectivity index is 1.99. The summed E-state index contributed by atoms with van der Waals surface area (Å²) in [5, 5.41) is 12.0. The van der Waals surface area contributed by atoms with Crippen molar-refractivity contribution in [3.05, 3.63) is 18.1 Å². The van der Waals surface area contributed by atoms with Crippen LogP contribution in [0.4, 0.5) is 5.82 Å². The van der Waals surface area contributed by atoms with Gasteiger partial charge in [0.2, 0.25) is 0 Å². The van der Waals surface area contributed by atoms with E-state index in [1.807, 2.05) is 6.07 Å². The maximum absolute atomic E-state index is 8.67. The second kappa shape index (κ2) is 5.32. The molecule has 1 aromatic rings. The Labute approximate surface area is 108 Å². The summed E-state index contributed by atoms with van der Waals surface area (Å²) in [4.78, 5) is 10.5. The molecular formula is C13H19N5. The summed E-state index contributed by atoms with van der Waals surface area (Å²) >= 11 is 0. The van der Waals surface area contributed by atoms with Crippen molar-refractivity contribution < 1.29 is 0 Å². The lowest BCUT2D eigenvalue weighted by Gasteiger charge is -2.36. The van der Waals surface area contributed by atoms with Crippen LogP contribution < -0.4 is 5.32 Å². The SMILES string of the molecule is CN(C)C1(CNc2cnc(C#N)cn2)CCCC1. The molecule has 0 atom stereocenters. The van der Waals surface area contributed by atoms with E-state index in [1.54, 1.807) is 6.20 Å². The minimum absolute atomic E-state index is 0.232. The number of aromatic nitrogens is 2. The normalized spacial score (nSPS) is 17.7. The first-order chi connectivity index (χ1) is 8.66. The molecule has 0 saturated heterocycles. The molecule has 1 heterocycles. The lowest BCUT2D eigenvalue weighted by atomic mass is 9.96. The van der Waals surface area contributed by atoms with Gasteiger partial charge in [0.05, 0.1) is 12.4 Å². The van der Waals surface area contributed by atoms with Crippen LogP contribution in [0.1, 0.15) is 31.4 Å². The lowest BCUT2D eigenvalue weighted by Crippen LogP contribution is -2.47. The second-order valence-corrected chi connectivity index (χ2v) is 5.08. The average Bonchev–Trinajstić information content (AvgIpc) is 2.87. The van der Waals surface area contributed by atoms with Crippen LogP contribution in [0.5, 0.6) is 0 Å². The van der Waals surface area contributed by atoms with Crippen molar-refractivity contribution in [2.45, 2.75) is 31.2 Å². The van der Waals surface area contributed by atoms with Crippen molar-refractivity contribution >= 4 is 5.82 Å². The first-order valence-corrected chi connectivity index (χ1v) is 6.30. The largest absolute Gasteiger partial charge is 0.367 e. The van der Waals surface area contributed by atoms with E-state index in [2.05, 4.69) is 34.3 Å². The van der Waals surface area contributed by atoms with Crippen LogP contribution in [0, 0.1) is 11.3 Å². The van der Waals surface area contributed by atoms with Crippen LogP contribution >= 0.6 is 0 Å². The first-order valence-electron chi connectivity index (χ1n) is 6.30. The van der Waals surface area contributed by atoms with E-state index in [9.17, 15) is 0 Å². The van der Waals surface area contributed by atoms with E-state index < -0.39 is 0 Å². The molecule has 1 aromatic heterocycles. The van der Waals surface area contributed by atoms with E-state index in [4.69, 9.17) is 5.26 Å². The third kappa shape index (κ3) is 2.59. The molecule has 0 radical (unpaired) electrons. The lowest BCUT2D eigenvalue weighted by molar-refractivity contribution is 0.172. The molecule has 1 N–H and O–H groups in total. The zero-order valence-corrected chi connectivity index (χ0v) is 11.0. The molecule has 5 heteroatoms. The molecule has 5 nitrogen and oxygen atoms in total. The molecule has 18 heavy (non-hydrogen) atoms. The maximum Gasteiger partial charge on any atom is 0.158 e. The third-order valence-corrected chi connectivity index (χ3v) is 3.85. The summed E-state index contributed by atoms with van der Waals surface area (Å²) in [6, 6.07) is 1.97. The average molecular weight is 245 g/mol. The topological polar surface area (TPSA) is 64.8 Å². The van der Waals surface area contributed by atoms with Crippen LogP contribution in [0.15, 0.2) is 12.4 Å². The Bertz CT molecular complexity index is 426. The van der Waals surface area contributed by atoms with Gasteiger partial charge in [-0.25, -0.2) is 9.97 Å². The zero-order valence-electron chi connectivity index (χ0n) is 11.0. The van der Waals surface area contributed by atoms with E-state index in [-0.39, 0.29) is 5.54 Å². The fourth-order valence-electron chi connectivity index (χ4n) is 2.55. The summed E-state index contributed by atoms with van der Waals surface area (Å²) in [6.07, 6.45) is 8.14. The first kappa shape index (κ1) is 12.8. The molecule has 0 amide bonds. The monoisotopic (exact) mass is 245 g/mol. The molecule has 96 valence electrons. The molecule has 1 aliphatic rings. The Morgan fingerprint density at radius 2 is 2.06 bits per heavy atom. The molecule has 2 rings (SSSR count). The van der Waals surface area contributed by atoms with E-state index in [0.717, 1.165) is 12.4 Å². The van der Waals surface area contributed by atoms with Gasteiger partial charge < -0.3 is 10.2 Å². The highest BCUT2D eigenvalue weighted by molar-refractivity contribution is 5.34. The summed E-state index contributed by atoms with van der Waals surface area (Å²) in [5.41, 5.74) is 0.582. The summed E-state index contributed by atoms with van der Waals surface area (Å²) in [6.45, 7) is 0.876. The van der Waals surface area contributed by atoms with Gasteiger partial charge in [0.1, 0.15) is 11.9 Å². The minimum atomic E-state index is 0.232. The number of nitrogens with one attached hydrogen (secondary N) is 1. The molecule has 0 spiro atoms. The summed E-state index contributed by atoms with van der Waals surface area (Å²) in [7, 11) is 4.27. The maximum atomic E-state index is 8.67. The van der Waals surface area contributed by atoms with Gasteiger partial charge >= 0.3 is 0 Å². The van der Waals surface area contributed by atoms with E-state index >= 15 is 0 Å². The van der Waals surface area contributed by atoms with Gasteiger partial charge in [-0.2, -0.15) is 5.26 Å². The van der Waals surface area contributed by atoms with Crippen LogP contribution in [-0.4, -0.2) is 41.0 Å². The summed E-state index contributed by atoms with van der Waals surface area (Å²) < 4.78 is 0. The predicted octanol–water partition coefficient (Wildman–Crippen LogP) is 1.63. The standard InChI is InChI=1S/C13H19N5/c1-18(2)13(5-3-4-6-13)10-17-12-9-15-11(7-14)8-16-12/h8-9H,3-6,10H2,1-2H3,(H,16,17). The zero-order chi connectivity index (χ0) is 13.0. The molecule has 1 fully saturated rings. The van der Waals surface area contributed by atoms with Crippen molar-refractivity contribution in [1.29, 1.82) is 5.26 Å². The van der Waals surface area contributed by atoms with Crippen molar-refractivity contribution in [2.75, 3.05) is 26.0 Å². The molecule has 1 aliphatic carbocycles. The summed E-state index contributed by atoms with van der Waals surface area (Å²) in [5.74, 6) is 0.738. The minimum Gasteiger partial charge on any atom is -0.367 e. The van der Waals surface area contributed by atoms with Gasteiger partial charge in [-0.05, 0) is 26.9 Å². The quantitative estimate of drug-likeness (QED) is 0.873. The fourth-order valence-corrected chi connectivity index (χ4v) is 2.55. The number of nitriles is 1. The van der Waals surface area contributed by atoms with Gasteiger partial charge in [-0.1, -0.05) is 12.8 Å². The number of likely N-dealkylation sites (N-methyl/N-ethyl adjacent to an activating group) is 1. The van der Waals surface area contributed by atoms with Crippen molar-refractivity contribution in [2.24, 2.45) is 0 Å². The Morgan fingerprint density at radius 3 is 2.56 bits per heavy atom. The van der Waals surface area contributed by atoms with Gasteiger partial charge in [-0.3, -0.25) is 0 Å². The van der Waals surface area contributed by atoms with Gasteiger partial charge in [0, 0.05) is 12.1 Å². The molecule has 0 aromatic carbocycles. The number of anilines is 1. The molecule has 1 saturated carbocycles. The highest BCUT2D eigenvalue weighted by Crippen LogP contribution is 2.33. The fraction of sp³-hybridized carbons (Fsp3) is 0.615. The number of rotatable bonds is 4. The Hall–Kier alpha value is -1.67. The van der Waals surface area contributed by atoms with Crippen molar-refractivity contribution in [3.63, 3.8) is 0 Å². The molecule has 0 bridgehead atoms. The third-order valence-electron chi connectivity index (χ3n) is 3.85. The number of hydrogen-bond donors (Lipinski definition) is 1. The number of hydrogen-bond acceptors (Lipinski definition) is 5.